The standard InChI is InChI=1S/2C17H14N4O.2C12H10ClN3.C8H9N.C8H19N.C5H5NO.C4H2Cl2N2/c1-2-5-14-12-21(11-13(14)4-1)17-19-9-7-16(20-17)22-15-6-3-8-18-10-15;1-2-5-14-12-21(11-13(14)4-1)16-7-9-19-17(20-16)22-15-6-3-8-18-10-15;13-12-14-6-5-11(15-12)16-7-9-3-1-2-4-10(9)8-16;13-11-5-6-14-12(15-11)16-7-9-3-1-2-4-10(9)8-16;1-2-4-8-6-9-5-7(8)3-1;1-6-9(7(2)3)8(4)5;7-5-2-1-3-6-4-5;5-3-1-2-7-4(6)8-3/h2*1-10H,11-12H2;2*1-6H,7-8H2;1-4,9H,5-6H2;7-8H,6H2,1-5H3;1-4,7H;1-2H. The first kappa shape index (κ1) is 78.7. The van der Waals surface area contributed by atoms with E-state index in [1.165, 1.54) is 68.0 Å². The van der Waals surface area contributed by atoms with Crippen LogP contribution in [0, 0.1) is 0 Å². The number of hydrogen-bond acceptors (Lipinski definition) is 22. The van der Waals surface area contributed by atoms with Crippen LogP contribution in [-0.4, -0.2) is 93.4 Å². The minimum atomic E-state index is 0.178. The molecule has 109 heavy (non-hydrogen) atoms. The van der Waals surface area contributed by atoms with Gasteiger partial charge >= 0.3 is 6.01 Å². The van der Waals surface area contributed by atoms with Crippen LogP contribution in [0.5, 0.6) is 29.1 Å². The molecule has 5 aromatic carbocycles. The predicted molar refractivity (Wildman–Crippen MR) is 430 cm³/mol. The first-order chi connectivity index (χ1) is 53.2. The van der Waals surface area contributed by atoms with Crippen molar-refractivity contribution in [2.45, 2.75) is 112 Å². The molecule has 13 heterocycles. The average Bonchev–Trinajstić information content (AvgIpc) is 1.69. The third-order valence-corrected chi connectivity index (χ3v) is 18.2. The van der Waals surface area contributed by atoms with Crippen molar-refractivity contribution in [3.8, 4) is 29.1 Å². The molecule has 0 atom stereocenters. The number of halogens is 4. The molecule has 18 rings (SSSR count). The number of rotatable bonds is 11. The lowest BCUT2D eigenvalue weighted by Gasteiger charge is -2.28. The first-order valence-electron chi connectivity index (χ1n) is 35.5. The Hall–Kier alpha value is -11.4. The lowest BCUT2D eigenvalue weighted by molar-refractivity contribution is 0.185. The first-order valence-corrected chi connectivity index (χ1v) is 37.0. The van der Waals surface area contributed by atoms with Crippen molar-refractivity contribution in [1.82, 2.24) is 75.0 Å². The highest BCUT2D eigenvalue weighted by Crippen LogP contribution is 2.32. The van der Waals surface area contributed by atoms with Crippen LogP contribution in [0.1, 0.15) is 90.3 Å². The SMILES string of the molecule is CCN(C(C)C)C(C)C.Clc1ccnc(Cl)n1.Clc1ccnc(N2Cc3ccccc3C2)n1.Clc1nccc(N2Cc3ccccc3C2)n1.Oc1cccnc1.c1ccc2c(c1)CNC2.c1cncc(Oc2ccnc(N3Cc4ccccc4C3)n2)c1.c1cncc(Oc2nccc(N3Cc4ccccc4C3)n2)c1. The van der Waals surface area contributed by atoms with E-state index in [0.29, 0.717) is 63.0 Å². The molecule has 5 aliphatic rings. The normalized spacial score (nSPS) is 12.8. The van der Waals surface area contributed by atoms with Crippen LogP contribution in [0.4, 0.5) is 23.5 Å². The molecule has 0 amide bonds. The molecule has 0 saturated carbocycles. The maximum absolute atomic E-state index is 8.57. The summed E-state index contributed by atoms with van der Waals surface area (Å²) in [4.78, 5) is 64.1. The van der Waals surface area contributed by atoms with E-state index in [2.05, 4.69) is 251 Å². The number of nitrogens with zero attached hydrogens (tertiary/aromatic N) is 18. The molecule has 26 heteroatoms. The second-order valence-corrected chi connectivity index (χ2v) is 27.0. The van der Waals surface area contributed by atoms with E-state index in [9.17, 15) is 0 Å². The van der Waals surface area contributed by atoms with Crippen molar-refractivity contribution >= 4 is 69.9 Å². The van der Waals surface area contributed by atoms with Crippen molar-refractivity contribution in [2.24, 2.45) is 0 Å². The van der Waals surface area contributed by atoms with Gasteiger partial charge < -0.3 is 39.5 Å². The maximum atomic E-state index is 8.57. The summed E-state index contributed by atoms with van der Waals surface area (Å²) >= 11 is 22.4. The van der Waals surface area contributed by atoms with Gasteiger partial charge in [-0.2, -0.15) is 9.97 Å². The molecule has 13 aromatic rings. The molecule has 0 aliphatic carbocycles. The van der Waals surface area contributed by atoms with Crippen LogP contribution in [0.3, 0.4) is 0 Å². The molecule has 2 N–H and O–H groups in total. The van der Waals surface area contributed by atoms with Crippen LogP contribution >= 0.6 is 46.4 Å². The molecule has 22 nitrogen and oxygen atoms in total. The van der Waals surface area contributed by atoms with Gasteiger partial charge in [0.2, 0.25) is 28.3 Å². The van der Waals surface area contributed by atoms with Crippen LogP contribution < -0.4 is 34.4 Å². The van der Waals surface area contributed by atoms with E-state index in [1.807, 2.05) is 36.4 Å². The quantitative estimate of drug-likeness (QED) is 0.0904. The number of pyridine rings is 3. The molecular weight excluding hydrogens is 1450 g/mol. The van der Waals surface area contributed by atoms with Gasteiger partial charge in [-0.3, -0.25) is 19.9 Å². The van der Waals surface area contributed by atoms with Gasteiger partial charge in [0.05, 0.1) is 18.6 Å². The number of nitrogens with one attached hydrogen (secondary N) is 1. The van der Waals surface area contributed by atoms with Crippen LogP contribution in [-0.2, 0) is 65.4 Å². The van der Waals surface area contributed by atoms with E-state index in [0.717, 1.165) is 83.6 Å². The summed E-state index contributed by atoms with van der Waals surface area (Å²) in [5.74, 6) is 5.15. The van der Waals surface area contributed by atoms with Gasteiger partial charge in [-0.1, -0.05) is 151 Å². The minimum absolute atomic E-state index is 0.178. The Morgan fingerprint density at radius 3 is 1.12 bits per heavy atom. The fraction of sp³-hybridized carbons (Fsp3) is 0.217. The molecule has 8 aromatic heterocycles. The fourth-order valence-electron chi connectivity index (χ4n) is 12.3. The zero-order chi connectivity index (χ0) is 76.1. The molecule has 0 radical (unpaired) electrons. The third-order valence-electron chi connectivity index (χ3n) is 17.4. The number of benzene rings is 5. The van der Waals surface area contributed by atoms with Crippen molar-refractivity contribution in [3.63, 3.8) is 0 Å². The fourth-order valence-corrected chi connectivity index (χ4v) is 12.9. The molecule has 0 saturated heterocycles. The predicted octanol–water partition coefficient (Wildman–Crippen LogP) is 17.7. The van der Waals surface area contributed by atoms with Gasteiger partial charge in [-0.25, -0.2) is 39.9 Å². The van der Waals surface area contributed by atoms with E-state index in [-0.39, 0.29) is 11.0 Å². The highest BCUT2D eigenvalue weighted by molar-refractivity contribution is 6.31. The zero-order valence-corrected chi connectivity index (χ0v) is 64.0. The number of fused-ring (bicyclic) bond motifs is 5. The zero-order valence-electron chi connectivity index (χ0n) is 61.0. The van der Waals surface area contributed by atoms with Gasteiger partial charge in [0, 0.05) is 133 Å². The molecule has 556 valence electrons. The van der Waals surface area contributed by atoms with E-state index >= 15 is 0 Å². The van der Waals surface area contributed by atoms with Crippen molar-refractivity contribution in [3.05, 3.63) is 333 Å². The Bertz CT molecular complexity index is 4590. The van der Waals surface area contributed by atoms with Crippen LogP contribution in [0.25, 0.3) is 0 Å². The summed E-state index contributed by atoms with van der Waals surface area (Å²) in [7, 11) is 0. The molecule has 0 bridgehead atoms. The maximum Gasteiger partial charge on any atom is 0.323 e. The Kier molecular flexibility index (Phi) is 29.3. The highest BCUT2D eigenvalue weighted by Gasteiger charge is 2.24. The molecule has 0 spiro atoms. The van der Waals surface area contributed by atoms with Gasteiger partial charge in [-0.15, -0.1) is 0 Å². The van der Waals surface area contributed by atoms with Gasteiger partial charge in [0.15, 0.2) is 0 Å². The summed E-state index contributed by atoms with van der Waals surface area (Å²) in [6.45, 7) is 21.3. The second-order valence-electron chi connectivity index (χ2n) is 25.6. The van der Waals surface area contributed by atoms with Gasteiger partial charge in [0.25, 0.3) is 0 Å². The number of aromatic nitrogens is 13. The van der Waals surface area contributed by atoms with Crippen LogP contribution in [0.15, 0.2) is 256 Å². The number of ether oxygens (including phenoxy) is 2. The summed E-state index contributed by atoms with van der Waals surface area (Å²) in [5.41, 5.74) is 13.6. The summed E-state index contributed by atoms with van der Waals surface area (Å²) in [6.07, 6.45) is 18.0. The largest absolute Gasteiger partial charge is 0.506 e. The molecule has 0 unspecified atom stereocenters. The summed E-state index contributed by atoms with van der Waals surface area (Å²) < 4.78 is 11.4. The van der Waals surface area contributed by atoms with Crippen molar-refractivity contribution in [1.29, 1.82) is 0 Å². The van der Waals surface area contributed by atoms with E-state index in [1.54, 1.807) is 86.1 Å². The molecule has 0 fully saturated rings. The Morgan fingerprint density at radius 2 is 0.752 bits per heavy atom. The van der Waals surface area contributed by atoms with Crippen LogP contribution in [0.2, 0.25) is 20.9 Å². The number of anilines is 4. The number of hydrogen-bond donors (Lipinski definition) is 2. The number of aromatic hydroxyl groups is 1. The lowest BCUT2D eigenvalue weighted by Crippen LogP contribution is -2.36. The molecular formula is C83H83Cl4N19O3. The summed E-state index contributed by atoms with van der Waals surface area (Å²) in [6, 6.07) is 63.3. The average molecular weight is 1540 g/mol. The van der Waals surface area contributed by atoms with E-state index < -0.39 is 0 Å². The van der Waals surface area contributed by atoms with Gasteiger partial charge in [-0.05, 0) is 174 Å². The Labute approximate surface area is 655 Å². The van der Waals surface area contributed by atoms with Crippen molar-refractivity contribution < 1.29 is 14.6 Å². The smallest absolute Gasteiger partial charge is 0.323 e. The Balaban J connectivity index is 0.000000128. The van der Waals surface area contributed by atoms with E-state index in [4.69, 9.17) is 61.0 Å². The lowest BCUT2D eigenvalue weighted by atomic mass is 10.1. The second kappa shape index (κ2) is 40.5. The third kappa shape index (κ3) is 24.1. The van der Waals surface area contributed by atoms with Gasteiger partial charge in [0.1, 0.15) is 39.2 Å². The topological polar surface area (TPSA) is 234 Å². The monoisotopic (exact) mass is 1530 g/mol. The molecule has 5 aliphatic heterocycles. The minimum Gasteiger partial charge on any atom is -0.506 e. The van der Waals surface area contributed by atoms with Crippen molar-refractivity contribution in [2.75, 3.05) is 26.1 Å². The summed E-state index contributed by atoms with van der Waals surface area (Å²) in [5, 5.41) is 13.2. The highest BCUT2D eigenvalue weighted by atomic mass is 35.5. The Morgan fingerprint density at radius 1 is 0.376 bits per heavy atom.